The van der Waals surface area contributed by atoms with E-state index in [9.17, 15) is 0 Å². The van der Waals surface area contributed by atoms with Gasteiger partial charge in [-0.25, -0.2) is 0 Å². The van der Waals surface area contributed by atoms with Gasteiger partial charge in [-0.15, -0.1) is 0 Å². The second-order valence-corrected chi connectivity index (χ2v) is 5.96. The number of halogens is 2. The SMILES string of the molecule is N#Cc1ccc(Nc2ccc3cc(Br)ccc3c2)c(Cl)c1. The van der Waals surface area contributed by atoms with Crippen LogP contribution in [0.25, 0.3) is 10.8 Å². The van der Waals surface area contributed by atoms with Crippen LogP contribution in [0.5, 0.6) is 0 Å². The molecule has 0 unspecified atom stereocenters. The fourth-order valence-corrected chi connectivity index (χ4v) is 2.74. The van der Waals surface area contributed by atoms with Gasteiger partial charge in [0.1, 0.15) is 0 Å². The number of anilines is 2. The number of fused-ring (bicyclic) bond motifs is 1. The molecule has 1 N–H and O–H groups in total. The summed E-state index contributed by atoms with van der Waals surface area (Å²) in [6.07, 6.45) is 0. The first-order chi connectivity index (χ1) is 10.2. The Labute approximate surface area is 136 Å². The minimum absolute atomic E-state index is 0.532. The van der Waals surface area contributed by atoms with Crippen molar-refractivity contribution in [1.82, 2.24) is 0 Å². The Kier molecular flexibility index (Phi) is 3.83. The third-order valence-electron chi connectivity index (χ3n) is 3.18. The molecule has 102 valence electrons. The average molecular weight is 358 g/mol. The molecule has 0 radical (unpaired) electrons. The highest BCUT2D eigenvalue weighted by atomic mass is 79.9. The Bertz CT molecular complexity index is 868. The van der Waals surface area contributed by atoms with Crippen LogP contribution in [-0.2, 0) is 0 Å². The molecule has 0 amide bonds. The maximum Gasteiger partial charge on any atom is 0.0992 e. The topological polar surface area (TPSA) is 35.8 Å². The van der Waals surface area contributed by atoms with Crippen LogP contribution in [0.4, 0.5) is 11.4 Å². The summed E-state index contributed by atoms with van der Waals surface area (Å²) in [6.45, 7) is 0. The summed E-state index contributed by atoms with van der Waals surface area (Å²) < 4.78 is 1.06. The van der Waals surface area contributed by atoms with Crippen LogP contribution in [0.15, 0.2) is 59.1 Å². The summed E-state index contributed by atoms with van der Waals surface area (Å²) in [6, 6.07) is 19.6. The fourth-order valence-electron chi connectivity index (χ4n) is 2.14. The zero-order valence-corrected chi connectivity index (χ0v) is 13.2. The zero-order chi connectivity index (χ0) is 14.8. The minimum Gasteiger partial charge on any atom is -0.354 e. The summed E-state index contributed by atoms with van der Waals surface area (Å²) in [5, 5.41) is 15.0. The molecule has 3 aromatic carbocycles. The van der Waals surface area contributed by atoms with Crippen molar-refractivity contribution in [3.63, 3.8) is 0 Å². The Hall–Kier alpha value is -2.02. The van der Waals surface area contributed by atoms with Crippen molar-refractivity contribution in [3.05, 3.63) is 69.7 Å². The molecule has 0 atom stereocenters. The van der Waals surface area contributed by atoms with Crippen molar-refractivity contribution in [1.29, 1.82) is 5.26 Å². The quantitative estimate of drug-likeness (QED) is 0.622. The second kappa shape index (κ2) is 5.77. The Morgan fingerprint density at radius 3 is 2.48 bits per heavy atom. The molecule has 21 heavy (non-hydrogen) atoms. The first kappa shape index (κ1) is 13.9. The standard InChI is InChI=1S/C17H10BrClN2/c18-14-4-2-13-9-15(5-3-12(13)8-14)21-17-6-1-11(10-20)7-16(17)19/h1-9,21H. The smallest absolute Gasteiger partial charge is 0.0992 e. The Morgan fingerprint density at radius 2 is 1.71 bits per heavy atom. The molecule has 3 rings (SSSR count). The molecular weight excluding hydrogens is 348 g/mol. The number of nitrogens with zero attached hydrogens (tertiary/aromatic N) is 1. The summed E-state index contributed by atoms with van der Waals surface area (Å²) in [4.78, 5) is 0. The van der Waals surface area contributed by atoms with Crippen molar-refractivity contribution in [2.75, 3.05) is 5.32 Å². The monoisotopic (exact) mass is 356 g/mol. The normalized spacial score (nSPS) is 10.3. The highest BCUT2D eigenvalue weighted by Gasteiger charge is 2.03. The van der Waals surface area contributed by atoms with Crippen molar-refractivity contribution >= 4 is 49.7 Å². The molecular formula is C17H10BrClN2. The van der Waals surface area contributed by atoms with Crippen LogP contribution in [0.3, 0.4) is 0 Å². The number of nitrogens with one attached hydrogen (secondary N) is 1. The van der Waals surface area contributed by atoms with Crippen LogP contribution in [-0.4, -0.2) is 0 Å². The van der Waals surface area contributed by atoms with E-state index in [1.54, 1.807) is 12.1 Å². The molecule has 0 aromatic heterocycles. The van der Waals surface area contributed by atoms with E-state index < -0.39 is 0 Å². The number of benzene rings is 3. The van der Waals surface area contributed by atoms with Crippen LogP contribution >= 0.6 is 27.5 Å². The van der Waals surface area contributed by atoms with Crippen LogP contribution in [0, 0.1) is 11.3 Å². The van der Waals surface area contributed by atoms with Gasteiger partial charge in [0.05, 0.1) is 22.3 Å². The molecule has 3 aromatic rings. The predicted molar refractivity (Wildman–Crippen MR) is 91.1 cm³/mol. The van der Waals surface area contributed by atoms with Gasteiger partial charge in [-0.05, 0) is 53.2 Å². The molecule has 2 nitrogen and oxygen atoms in total. The molecule has 0 bridgehead atoms. The van der Waals surface area contributed by atoms with Crippen LogP contribution < -0.4 is 5.32 Å². The average Bonchev–Trinajstić information content (AvgIpc) is 2.49. The van der Waals surface area contributed by atoms with E-state index in [0.29, 0.717) is 10.6 Å². The number of rotatable bonds is 2. The summed E-state index contributed by atoms with van der Waals surface area (Å²) in [7, 11) is 0. The van der Waals surface area contributed by atoms with E-state index in [1.807, 2.05) is 18.2 Å². The van der Waals surface area contributed by atoms with E-state index in [0.717, 1.165) is 21.2 Å². The molecule has 0 aliphatic heterocycles. The highest BCUT2D eigenvalue weighted by molar-refractivity contribution is 9.10. The van der Waals surface area contributed by atoms with Gasteiger partial charge in [0.2, 0.25) is 0 Å². The maximum absolute atomic E-state index is 8.85. The Morgan fingerprint density at radius 1 is 0.952 bits per heavy atom. The first-order valence-electron chi connectivity index (χ1n) is 6.32. The van der Waals surface area contributed by atoms with Crippen LogP contribution in [0.1, 0.15) is 5.56 Å². The van der Waals surface area contributed by atoms with Gasteiger partial charge >= 0.3 is 0 Å². The van der Waals surface area contributed by atoms with Crippen LogP contribution in [0.2, 0.25) is 5.02 Å². The first-order valence-corrected chi connectivity index (χ1v) is 7.49. The second-order valence-electron chi connectivity index (χ2n) is 4.64. The van der Waals surface area contributed by atoms with Gasteiger partial charge in [0.25, 0.3) is 0 Å². The molecule has 0 saturated heterocycles. The van der Waals surface area contributed by atoms with Crippen molar-refractivity contribution < 1.29 is 0 Å². The van der Waals surface area contributed by atoms with Gasteiger partial charge in [0.15, 0.2) is 0 Å². The van der Waals surface area contributed by atoms with Gasteiger partial charge in [0, 0.05) is 10.2 Å². The van der Waals surface area contributed by atoms with Crippen molar-refractivity contribution in [2.45, 2.75) is 0 Å². The fraction of sp³-hybridized carbons (Fsp3) is 0. The summed E-state index contributed by atoms with van der Waals surface area (Å²) in [5.74, 6) is 0. The molecule has 0 aliphatic rings. The molecule has 0 heterocycles. The predicted octanol–water partition coefficient (Wildman–Crippen LogP) is 5.87. The minimum atomic E-state index is 0.532. The lowest BCUT2D eigenvalue weighted by molar-refractivity contribution is 1.48. The lowest BCUT2D eigenvalue weighted by atomic mass is 10.1. The lowest BCUT2D eigenvalue weighted by Gasteiger charge is -2.10. The molecule has 0 aliphatic carbocycles. The summed E-state index contributed by atoms with van der Waals surface area (Å²) >= 11 is 9.65. The molecule has 4 heteroatoms. The number of hydrogen-bond donors (Lipinski definition) is 1. The highest BCUT2D eigenvalue weighted by Crippen LogP contribution is 2.29. The number of hydrogen-bond acceptors (Lipinski definition) is 2. The summed E-state index contributed by atoms with van der Waals surface area (Å²) in [5.41, 5.74) is 2.29. The van der Waals surface area contributed by atoms with Gasteiger partial charge in [-0.3, -0.25) is 0 Å². The Balaban J connectivity index is 1.95. The van der Waals surface area contributed by atoms with Gasteiger partial charge in [-0.1, -0.05) is 39.7 Å². The number of nitriles is 1. The third kappa shape index (κ3) is 3.02. The van der Waals surface area contributed by atoms with E-state index >= 15 is 0 Å². The van der Waals surface area contributed by atoms with Gasteiger partial charge < -0.3 is 5.32 Å². The third-order valence-corrected chi connectivity index (χ3v) is 3.99. The van der Waals surface area contributed by atoms with Crippen molar-refractivity contribution in [2.24, 2.45) is 0 Å². The van der Waals surface area contributed by atoms with E-state index in [-0.39, 0.29) is 0 Å². The van der Waals surface area contributed by atoms with E-state index in [4.69, 9.17) is 16.9 Å². The zero-order valence-electron chi connectivity index (χ0n) is 10.9. The van der Waals surface area contributed by atoms with E-state index in [2.05, 4.69) is 51.6 Å². The molecule has 0 spiro atoms. The molecule has 0 fully saturated rings. The van der Waals surface area contributed by atoms with Crippen molar-refractivity contribution in [3.8, 4) is 6.07 Å². The molecule has 0 saturated carbocycles. The van der Waals surface area contributed by atoms with Gasteiger partial charge in [-0.2, -0.15) is 5.26 Å². The lowest BCUT2D eigenvalue weighted by Crippen LogP contribution is -1.91. The van der Waals surface area contributed by atoms with E-state index in [1.165, 1.54) is 5.39 Å². The maximum atomic E-state index is 8.85. The largest absolute Gasteiger partial charge is 0.354 e.